The smallest absolute Gasteiger partial charge is 0.275 e. The number of hydrogen-bond acceptors (Lipinski definition) is 6. The summed E-state index contributed by atoms with van der Waals surface area (Å²) in [5.41, 5.74) is 4.44. The maximum absolute atomic E-state index is 12.5. The van der Waals surface area contributed by atoms with Crippen LogP contribution in [0, 0.1) is 3.57 Å². The van der Waals surface area contributed by atoms with Crippen LogP contribution >= 0.6 is 34.2 Å². The summed E-state index contributed by atoms with van der Waals surface area (Å²) in [5, 5.41) is 4.70. The van der Waals surface area contributed by atoms with Crippen molar-refractivity contribution in [2.45, 2.75) is 6.61 Å². The number of carbonyl (C=O) groups is 1. The molecule has 0 spiro atoms. The van der Waals surface area contributed by atoms with Crippen molar-refractivity contribution in [2.75, 3.05) is 21.3 Å². The highest BCUT2D eigenvalue weighted by Gasteiger charge is 2.14. The number of halogens is 2. The van der Waals surface area contributed by atoms with Gasteiger partial charge in [-0.25, -0.2) is 5.43 Å². The van der Waals surface area contributed by atoms with Crippen LogP contribution in [0.4, 0.5) is 0 Å². The number of methoxy groups -OCH3 is 3. The molecule has 0 fully saturated rings. The van der Waals surface area contributed by atoms with Gasteiger partial charge in [-0.2, -0.15) is 5.10 Å². The van der Waals surface area contributed by atoms with Gasteiger partial charge in [0.1, 0.15) is 18.1 Å². The number of amides is 1. The Bertz CT molecular complexity index is 1170. The minimum Gasteiger partial charge on any atom is -0.497 e. The van der Waals surface area contributed by atoms with E-state index in [1.807, 2.05) is 30.3 Å². The fourth-order valence-electron chi connectivity index (χ4n) is 2.93. The van der Waals surface area contributed by atoms with Crippen molar-refractivity contribution in [3.05, 3.63) is 79.9 Å². The molecule has 0 aliphatic carbocycles. The van der Waals surface area contributed by atoms with E-state index in [1.165, 1.54) is 13.3 Å². The summed E-state index contributed by atoms with van der Waals surface area (Å²) in [6, 6.07) is 16.1. The molecule has 172 valence electrons. The monoisotopic (exact) mass is 580 g/mol. The molecule has 3 rings (SSSR count). The average molecular weight is 581 g/mol. The second-order valence-corrected chi connectivity index (χ2v) is 8.25. The van der Waals surface area contributed by atoms with Crippen LogP contribution in [0.15, 0.2) is 59.7 Å². The van der Waals surface area contributed by atoms with E-state index in [-0.39, 0.29) is 0 Å². The summed E-state index contributed by atoms with van der Waals surface area (Å²) < 4.78 is 22.7. The molecule has 0 radical (unpaired) electrons. The third-order valence-electron chi connectivity index (χ3n) is 4.61. The highest BCUT2D eigenvalue weighted by molar-refractivity contribution is 14.1. The molecule has 33 heavy (non-hydrogen) atoms. The van der Waals surface area contributed by atoms with Gasteiger partial charge in [-0.15, -0.1) is 0 Å². The summed E-state index contributed by atoms with van der Waals surface area (Å²) in [6.45, 7) is 0.305. The molecule has 0 saturated heterocycles. The summed E-state index contributed by atoms with van der Waals surface area (Å²) in [6.07, 6.45) is 1.52. The van der Waals surface area contributed by atoms with Crippen molar-refractivity contribution < 1.29 is 23.7 Å². The zero-order valence-electron chi connectivity index (χ0n) is 18.2. The number of ether oxygens (including phenoxy) is 4. The number of nitrogens with zero attached hydrogens (tertiary/aromatic N) is 1. The maximum atomic E-state index is 12.5. The molecule has 0 aliphatic heterocycles. The first-order chi connectivity index (χ1) is 16.0. The van der Waals surface area contributed by atoms with E-state index in [0.29, 0.717) is 40.2 Å². The Kier molecular flexibility index (Phi) is 8.79. The van der Waals surface area contributed by atoms with Crippen LogP contribution < -0.4 is 24.4 Å². The molecule has 0 atom stereocenters. The summed E-state index contributed by atoms with van der Waals surface area (Å²) in [4.78, 5) is 12.5. The molecular weight excluding hydrogens is 559 g/mol. The zero-order valence-corrected chi connectivity index (χ0v) is 21.1. The average Bonchev–Trinajstić information content (AvgIpc) is 2.83. The number of carbonyl (C=O) groups excluding carboxylic acids is 1. The van der Waals surface area contributed by atoms with Gasteiger partial charge >= 0.3 is 0 Å². The van der Waals surface area contributed by atoms with Crippen LogP contribution in [0.2, 0.25) is 5.02 Å². The standard InChI is InChI=1S/C24H22ClIN2O5/c1-30-17-8-9-18(21(12-17)31-2)24(29)28-27-13-15-10-20(26)23(22(11-15)32-3)33-14-16-6-4-5-7-19(16)25/h4-13H,14H2,1-3H3,(H,28,29)/b27-13-. The van der Waals surface area contributed by atoms with Gasteiger partial charge < -0.3 is 18.9 Å². The molecule has 0 saturated carbocycles. The van der Waals surface area contributed by atoms with Gasteiger partial charge in [0, 0.05) is 16.7 Å². The molecule has 9 heteroatoms. The van der Waals surface area contributed by atoms with E-state index in [9.17, 15) is 4.79 Å². The second-order valence-electron chi connectivity index (χ2n) is 6.68. The zero-order chi connectivity index (χ0) is 23.8. The minimum atomic E-state index is -0.410. The molecule has 1 amide bonds. The van der Waals surface area contributed by atoms with E-state index in [4.69, 9.17) is 30.5 Å². The van der Waals surface area contributed by atoms with E-state index in [2.05, 4.69) is 33.1 Å². The summed E-state index contributed by atoms with van der Waals surface area (Å²) in [5.74, 6) is 1.71. The topological polar surface area (TPSA) is 78.4 Å². The second kappa shape index (κ2) is 11.8. The van der Waals surface area contributed by atoms with Gasteiger partial charge in [-0.05, 0) is 58.5 Å². The van der Waals surface area contributed by atoms with Crippen molar-refractivity contribution in [1.82, 2.24) is 5.43 Å². The van der Waals surface area contributed by atoms with Crippen LogP contribution in [0.1, 0.15) is 21.5 Å². The van der Waals surface area contributed by atoms with Crippen molar-refractivity contribution in [2.24, 2.45) is 5.10 Å². The summed E-state index contributed by atoms with van der Waals surface area (Å²) >= 11 is 8.37. The van der Waals surface area contributed by atoms with Gasteiger partial charge in [0.15, 0.2) is 11.5 Å². The van der Waals surface area contributed by atoms with Crippen LogP contribution in [0.3, 0.4) is 0 Å². The fraction of sp³-hybridized carbons (Fsp3) is 0.167. The molecule has 7 nitrogen and oxygen atoms in total. The molecule has 3 aromatic rings. The van der Waals surface area contributed by atoms with Crippen molar-refractivity contribution >= 4 is 46.3 Å². The lowest BCUT2D eigenvalue weighted by Gasteiger charge is -2.14. The Labute approximate surface area is 210 Å². The minimum absolute atomic E-state index is 0.305. The molecule has 0 aromatic heterocycles. The molecule has 3 aromatic carbocycles. The van der Waals surface area contributed by atoms with E-state index < -0.39 is 5.91 Å². The fourth-order valence-corrected chi connectivity index (χ4v) is 3.90. The quantitative estimate of drug-likeness (QED) is 0.211. The Hall–Kier alpha value is -2.98. The van der Waals surface area contributed by atoms with Crippen LogP contribution in [-0.4, -0.2) is 33.5 Å². The van der Waals surface area contributed by atoms with Gasteiger partial charge in [-0.1, -0.05) is 29.8 Å². The number of rotatable bonds is 9. The normalized spacial score (nSPS) is 10.7. The number of nitrogens with one attached hydrogen (secondary N) is 1. The Morgan fingerprint density at radius 3 is 2.48 bits per heavy atom. The number of hydrogen-bond donors (Lipinski definition) is 1. The Morgan fingerprint density at radius 2 is 1.79 bits per heavy atom. The van der Waals surface area contributed by atoms with Gasteiger partial charge in [-0.3, -0.25) is 4.79 Å². The molecule has 1 N–H and O–H groups in total. The molecular formula is C24H22ClIN2O5. The van der Waals surface area contributed by atoms with Crippen molar-refractivity contribution in [3.63, 3.8) is 0 Å². The largest absolute Gasteiger partial charge is 0.497 e. The van der Waals surface area contributed by atoms with E-state index in [0.717, 1.165) is 14.7 Å². The predicted octanol–water partition coefficient (Wildman–Crippen LogP) is 5.31. The highest BCUT2D eigenvalue weighted by atomic mass is 127. The lowest BCUT2D eigenvalue weighted by molar-refractivity contribution is 0.0952. The lowest BCUT2D eigenvalue weighted by atomic mass is 10.2. The molecule has 0 aliphatic rings. The number of hydrazone groups is 1. The molecule has 0 heterocycles. The van der Waals surface area contributed by atoms with E-state index in [1.54, 1.807) is 38.5 Å². The first kappa shape index (κ1) is 24.7. The van der Waals surface area contributed by atoms with Crippen LogP contribution in [0.5, 0.6) is 23.0 Å². The van der Waals surface area contributed by atoms with Crippen LogP contribution in [-0.2, 0) is 6.61 Å². The lowest BCUT2D eigenvalue weighted by Crippen LogP contribution is -2.18. The Morgan fingerprint density at radius 1 is 1.03 bits per heavy atom. The van der Waals surface area contributed by atoms with Crippen LogP contribution in [0.25, 0.3) is 0 Å². The maximum Gasteiger partial charge on any atom is 0.275 e. The molecule has 0 bridgehead atoms. The Balaban J connectivity index is 1.72. The third-order valence-corrected chi connectivity index (χ3v) is 5.78. The molecule has 0 unspecified atom stereocenters. The third kappa shape index (κ3) is 6.29. The first-order valence-corrected chi connectivity index (χ1v) is 11.2. The van der Waals surface area contributed by atoms with Crippen molar-refractivity contribution in [3.8, 4) is 23.0 Å². The van der Waals surface area contributed by atoms with Gasteiger partial charge in [0.25, 0.3) is 5.91 Å². The predicted molar refractivity (Wildman–Crippen MR) is 136 cm³/mol. The van der Waals surface area contributed by atoms with Gasteiger partial charge in [0.05, 0.1) is 36.7 Å². The van der Waals surface area contributed by atoms with E-state index >= 15 is 0 Å². The SMILES string of the molecule is COc1ccc(C(=O)N/N=C\c2cc(I)c(OCc3ccccc3Cl)c(OC)c2)c(OC)c1. The summed E-state index contributed by atoms with van der Waals surface area (Å²) in [7, 11) is 4.59. The van der Waals surface area contributed by atoms with Crippen molar-refractivity contribution in [1.29, 1.82) is 0 Å². The first-order valence-electron chi connectivity index (χ1n) is 9.76. The highest BCUT2D eigenvalue weighted by Crippen LogP contribution is 2.34. The number of benzene rings is 3. The van der Waals surface area contributed by atoms with Gasteiger partial charge in [0.2, 0.25) is 0 Å².